The molecule has 110 valence electrons. The third-order valence-electron chi connectivity index (χ3n) is 2.81. The molecule has 0 saturated carbocycles. The molecule has 1 aromatic heterocycles. The third kappa shape index (κ3) is 3.09. The van der Waals surface area contributed by atoms with Gasteiger partial charge in [0.05, 0.1) is 17.7 Å². The number of phenols is 1. The number of nitrogens with one attached hydrogen (secondary N) is 1. The molecule has 1 amide bonds. The van der Waals surface area contributed by atoms with E-state index < -0.39 is 6.61 Å². The van der Waals surface area contributed by atoms with E-state index in [4.69, 9.17) is 5.26 Å². The number of aliphatic hydroxyl groups excluding tert-OH is 1. The molecule has 0 atom stereocenters. The number of hydrogen-bond donors (Lipinski definition) is 3. The second-order valence-electron chi connectivity index (χ2n) is 3.86. The number of aromatic nitrogens is 1. The van der Waals surface area contributed by atoms with Gasteiger partial charge in [-0.3, -0.25) is 4.79 Å². The van der Waals surface area contributed by atoms with Gasteiger partial charge >= 0.3 is 0 Å². The average Bonchev–Trinajstić information content (AvgIpc) is 2.54. The van der Waals surface area contributed by atoms with E-state index in [9.17, 15) is 15.0 Å². The molecule has 0 aliphatic rings. The van der Waals surface area contributed by atoms with Crippen LogP contribution in [0, 0.1) is 11.3 Å². The Morgan fingerprint density at radius 3 is 2.62 bits per heavy atom. The summed E-state index contributed by atoms with van der Waals surface area (Å²) in [4.78, 5) is 15.8. The molecule has 3 N–H and O–H groups in total. The van der Waals surface area contributed by atoms with Gasteiger partial charge in [-0.2, -0.15) is 5.26 Å². The van der Waals surface area contributed by atoms with Gasteiger partial charge in [0.15, 0.2) is 0 Å². The van der Waals surface area contributed by atoms with Crippen LogP contribution in [0.1, 0.15) is 35.5 Å². The highest BCUT2D eigenvalue weighted by Crippen LogP contribution is 2.28. The summed E-state index contributed by atoms with van der Waals surface area (Å²) in [6.45, 7) is 3.57. The highest BCUT2D eigenvalue weighted by Gasteiger charge is 2.16. The van der Waals surface area contributed by atoms with Crippen molar-refractivity contribution < 1.29 is 15.0 Å². The lowest BCUT2D eigenvalue weighted by Crippen LogP contribution is -2.18. The number of benzene rings is 1. The number of pyridine rings is 1. The second kappa shape index (κ2) is 7.22. The first-order valence-electron chi connectivity index (χ1n) is 6.51. The molecule has 6 nitrogen and oxygen atoms in total. The van der Waals surface area contributed by atoms with Crippen LogP contribution in [0.3, 0.4) is 0 Å². The molecule has 0 radical (unpaired) electrons. The number of carbonyl (C=O) groups excluding carboxylic acids is 1. The van der Waals surface area contributed by atoms with Crippen LogP contribution in [0.5, 0.6) is 5.75 Å². The molecule has 21 heavy (non-hydrogen) atoms. The van der Waals surface area contributed by atoms with Gasteiger partial charge in [-0.25, -0.2) is 4.98 Å². The zero-order valence-electron chi connectivity index (χ0n) is 12.1. The molecule has 0 unspecified atom stereocenters. The Morgan fingerprint density at radius 1 is 1.43 bits per heavy atom. The highest BCUT2D eigenvalue weighted by molar-refractivity contribution is 6.07. The second-order valence-corrected chi connectivity index (χ2v) is 3.86. The molecule has 2 aromatic rings. The number of amides is 1. The lowest BCUT2D eigenvalue weighted by Gasteiger charge is -2.10. The van der Waals surface area contributed by atoms with Crippen LogP contribution in [-0.4, -0.2) is 28.2 Å². The van der Waals surface area contributed by atoms with E-state index in [1.807, 2.05) is 19.9 Å². The normalized spacial score (nSPS) is 9.48. The first-order chi connectivity index (χ1) is 10.1. The minimum Gasteiger partial charge on any atom is -0.508 e. The SMILES string of the molecule is CC.CNC(=O)c1cc(C#N)nc2c(CO)c(O)ccc12. The van der Waals surface area contributed by atoms with Gasteiger partial charge in [0.2, 0.25) is 0 Å². The van der Waals surface area contributed by atoms with Crippen LogP contribution >= 0.6 is 0 Å². The Hall–Kier alpha value is -2.65. The molecule has 2 rings (SSSR count). The minimum absolute atomic E-state index is 0.0476. The summed E-state index contributed by atoms with van der Waals surface area (Å²) < 4.78 is 0. The number of nitrogens with zero attached hydrogens (tertiary/aromatic N) is 2. The summed E-state index contributed by atoms with van der Waals surface area (Å²) in [5, 5.41) is 30.8. The van der Waals surface area contributed by atoms with Crippen LogP contribution in [0.2, 0.25) is 0 Å². The third-order valence-corrected chi connectivity index (χ3v) is 2.81. The molecule has 0 aliphatic carbocycles. The van der Waals surface area contributed by atoms with Crippen LogP contribution in [-0.2, 0) is 6.61 Å². The lowest BCUT2D eigenvalue weighted by atomic mass is 10.0. The van der Waals surface area contributed by atoms with Gasteiger partial charge < -0.3 is 15.5 Å². The fourth-order valence-corrected chi connectivity index (χ4v) is 1.87. The van der Waals surface area contributed by atoms with Crippen molar-refractivity contribution in [1.29, 1.82) is 5.26 Å². The molecular formula is C15H17N3O3. The van der Waals surface area contributed by atoms with E-state index in [1.54, 1.807) is 0 Å². The average molecular weight is 287 g/mol. The van der Waals surface area contributed by atoms with E-state index in [2.05, 4.69) is 10.3 Å². The first-order valence-corrected chi connectivity index (χ1v) is 6.51. The Bertz CT molecular complexity index is 705. The molecule has 0 saturated heterocycles. The summed E-state index contributed by atoms with van der Waals surface area (Å²) in [5.74, 6) is -0.487. The molecule has 6 heteroatoms. The van der Waals surface area contributed by atoms with Crippen LogP contribution in [0.25, 0.3) is 10.9 Å². The topological polar surface area (TPSA) is 106 Å². The Labute approximate surface area is 122 Å². The summed E-state index contributed by atoms with van der Waals surface area (Å²) in [5.41, 5.74) is 0.769. The molecule has 1 aromatic carbocycles. The fourth-order valence-electron chi connectivity index (χ4n) is 1.87. The number of rotatable bonds is 2. The molecule has 0 fully saturated rings. The summed E-state index contributed by atoms with van der Waals surface area (Å²) in [6, 6.07) is 6.14. The van der Waals surface area contributed by atoms with Crippen molar-refractivity contribution in [2.45, 2.75) is 20.5 Å². The van der Waals surface area contributed by atoms with Crippen molar-refractivity contribution in [2.24, 2.45) is 0 Å². The van der Waals surface area contributed by atoms with Crippen LogP contribution in [0.4, 0.5) is 0 Å². The van der Waals surface area contributed by atoms with Crippen molar-refractivity contribution in [2.75, 3.05) is 7.05 Å². The maximum atomic E-state index is 11.8. The maximum absolute atomic E-state index is 11.8. The van der Waals surface area contributed by atoms with Gasteiger partial charge in [-0.05, 0) is 18.2 Å². The van der Waals surface area contributed by atoms with Crippen molar-refractivity contribution in [3.8, 4) is 11.8 Å². The molecule has 1 heterocycles. The van der Waals surface area contributed by atoms with E-state index in [1.165, 1.54) is 25.2 Å². The van der Waals surface area contributed by atoms with Gasteiger partial charge in [0.1, 0.15) is 17.5 Å². The number of hydrogen-bond acceptors (Lipinski definition) is 5. The number of fused-ring (bicyclic) bond motifs is 1. The number of aliphatic hydroxyl groups is 1. The lowest BCUT2D eigenvalue weighted by molar-refractivity contribution is 0.0964. The molecule has 0 spiro atoms. The molecule has 0 bridgehead atoms. The van der Waals surface area contributed by atoms with Crippen LogP contribution in [0.15, 0.2) is 18.2 Å². The van der Waals surface area contributed by atoms with Crippen molar-refractivity contribution in [3.63, 3.8) is 0 Å². The zero-order chi connectivity index (χ0) is 16.0. The summed E-state index contributed by atoms with van der Waals surface area (Å²) in [6.07, 6.45) is 0. The first kappa shape index (κ1) is 16.4. The van der Waals surface area contributed by atoms with Crippen molar-refractivity contribution in [3.05, 3.63) is 35.0 Å². The largest absolute Gasteiger partial charge is 0.508 e. The van der Waals surface area contributed by atoms with Gasteiger partial charge in [0.25, 0.3) is 5.91 Å². The summed E-state index contributed by atoms with van der Waals surface area (Å²) >= 11 is 0. The smallest absolute Gasteiger partial charge is 0.251 e. The molecular weight excluding hydrogens is 270 g/mol. The predicted molar refractivity (Wildman–Crippen MR) is 78.8 cm³/mol. The number of aromatic hydroxyl groups is 1. The minimum atomic E-state index is -0.432. The molecule has 0 aliphatic heterocycles. The monoisotopic (exact) mass is 287 g/mol. The summed E-state index contributed by atoms with van der Waals surface area (Å²) in [7, 11) is 1.48. The highest BCUT2D eigenvalue weighted by atomic mass is 16.3. The predicted octanol–water partition coefficient (Wildman–Crippen LogP) is 1.69. The number of nitriles is 1. The van der Waals surface area contributed by atoms with E-state index >= 15 is 0 Å². The van der Waals surface area contributed by atoms with Crippen LogP contribution < -0.4 is 5.32 Å². The number of carbonyl (C=O) groups is 1. The maximum Gasteiger partial charge on any atom is 0.251 e. The van der Waals surface area contributed by atoms with E-state index in [0.717, 1.165) is 0 Å². The van der Waals surface area contributed by atoms with Gasteiger partial charge in [0, 0.05) is 18.0 Å². The Balaban J connectivity index is 0.00000106. The zero-order valence-corrected chi connectivity index (χ0v) is 12.1. The Kier molecular flexibility index (Phi) is 5.64. The van der Waals surface area contributed by atoms with Gasteiger partial charge in [-0.15, -0.1) is 0 Å². The quantitative estimate of drug-likeness (QED) is 0.779. The van der Waals surface area contributed by atoms with Crippen molar-refractivity contribution in [1.82, 2.24) is 10.3 Å². The van der Waals surface area contributed by atoms with E-state index in [-0.39, 0.29) is 34.0 Å². The fraction of sp³-hybridized carbons (Fsp3) is 0.267. The van der Waals surface area contributed by atoms with Crippen molar-refractivity contribution >= 4 is 16.8 Å². The van der Waals surface area contributed by atoms with E-state index in [0.29, 0.717) is 5.39 Å². The van der Waals surface area contributed by atoms with Gasteiger partial charge in [-0.1, -0.05) is 13.8 Å². The Morgan fingerprint density at radius 2 is 2.10 bits per heavy atom. The standard InChI is InChI=1S/C13H11N3O3.C2H6/c1-15-13(19)9-4-7(5-14)16-12-8(9)2-3-11(18)10(12)6-17;1-2/h2-4,17-18H,6H2,1H3,(H,15,19);1-2H3.